The molecule has 0 aromatic heterocycles. The number of rotatable bonds is 7. The van der Waals surface area contributed by atoms with E-state index in [2.05, 4.69) is 10.6 Å². The quantitative estimate of drug-likeness (QED) is 0.619. The maximum atomic E-state index is 11.5. The molecule has 0 heterocycles. The highest BCUT2D eigenvalue weighted by Crippen LogP contribution is 2.04. The van der Waals surface area contributed by atoms with Crippen LogP contribution in [0.3, 0.4) is 0 Å². The fraction of sp³-hybridized carbons (Fsp3) is 0.750. The maximum Gasteiger partial charge on any atom is 0.326 e. The van der Waals surface area contributed by atoms with Gasteiger partial charge in [-0.15, -0.1) is 0 Å². The molecule has 0 rings (SSSR count). The Labute approximate surface area is 113 Å². The first kappa shape index (κ1) is 17.2. The van der Waals surface area contributed by atoms with Crippen LogP contribution >= 0.6 is 0 Å². The summed E-state index contributed by atoms with van der Waals surface area (Å²) in [6.45, 7) is 3.94. The first-order valence-corrected chi connectivity index (χ1v) is 6.21. The summed E-state index contributed by atoms with van der Waals surface area (Å²) in [6, 6.07) is -1.48. The molecule has 0 aromatic carbocycles. The second kappa shape index (κ2) is 8.34. The van der Waals surface area contributed by atoms with E-state index in [4.69, 9.17) is 5.11 Å². The molecule has 110 valence electrons. The van der Waals surface area contributed by atoms with Crippen molar-refractivity contribution in [2.75, 3.05) is 20.6 Å². The predicted octanol–water partition coefficient (Wildman–Crippen LogP) is 0.263. The van der Waals surface area contributed by atoms with Crippen molar-refractivity contribution < 1.29 is 19.5 Å². The van der Waals surface area contributed by atoms with Gasteiger partial charge in [-0.2, -0.15) is 0 Å². The van der Waals surface area contributed by atoms with Crippen LogP contribution in [0.5, 0.6) is 0 Å². The van der Waals surface area contributed by atoms with E-state index in [-0.39, 0.29) is 24.8 Å². The maximum absolute atomic E-state index is 11.5. The lowest BCUT2D eigenvalue weighted by Crippen LogP contribution is -2.47. The number of carboxylic acids is 1. The second-order valence-electron chi connectivity index (χ2n) is 4.96. The van der Waals surface area contributed by atoms with Crippen molar-refractivity contribution in [1.82, 2.24) is 15.5 Å². The number of carbonyl (C=O) groups excluding carboxylic acids is 2. The van der Waals surface area contributed by atoms with E-state index < -0.39 is 18.0 Å². The van der Waals surface area contributed by atoms with Crippen LogP contribution in [0.1, 0.15) is 26.7 Å². The molecule has 0 saturated heterocycles. The van der Waals surface area contributed by atoms with Gasteiger partial charge in [-0.3, -0.25) is 4.79 Å². The topological polar surface area (TPSA) is 98.7 Å². The highest BCUT2D eigenvalue weighted by atomic mass is 16.4. The number of carbonyl (C=O) groups is 3. The van der Waals surface area contributed by atoms with E-state index in [1.165, 1.54) is 4.90 Å². The Balaban J connectivity index is 4.07. The minimum Gasteiger partial charge on any atom is -0.480 e. The van der Waals surface area contributed by atoms with Crippen molar-refractivity contribution in [2.24, 2.45) is 5.92 Å². The summed E-state index contributed by atoms with van der Waals surface area (Å²) in [5.41, 5.74) is 0. The van der Waals surface area contributed by atoms with Crippen molar-refractivity contribution in [3.63, 3.8) is 0 Å². The highest BCUT2D eigenvalue weighted by Gasteiger charge is 2.20. The number of urea groups is 1. The summed E-state index contributed by atoms with van der Waals surface area (Å²) in [5, 5.41) is 13.8. The van der Waals surface area contributed by atoms with E-state index in [0.29, 0.717) is 6.42 Å². The molecular formula is C12H23N3O4. The molecule has 0 fully saturated rings. The van der Waals surface area contributed by atoms with Crippen molar-refractivity contribution in [3.05, 3.63) is 0 Å². The molecule has 0 bridgehead atoms. The summed E-state index contributed by atoms with van der Waals surface area (Å²) in [4.78, 5) is 35.1. The molecule has 0 aliphatic carbocycles. The van der Waals surface area contributed by atoms with Crippen LogP contribution in [0.2, 0.25) is 0 Å². The Morgan fingerprint density at radius 2 is 1.79 bits per heavy atom. The molecule has 7 heteroatoms. The first-order valence-electron chi connectivity index (χ1n) is 6.21. The Hall–Kier alpha value is -1.79. The fourth-order valence-electron chi connectivity index (χ4n) is 1.41. The molecule has 0 spiro atoms. The average molecular weight is 273 g/mol. The van der Waals surface area contributed by atoms with Crippen LogP contribution in [-0.2, 0) is 9.59 Å². The van der Waals surface area contributed by atoms with Crippen LogP contribution in [0.4, 0.5) is 4.79 Å². The minimum absolute atomic E-state index is 0.0998. The molecule has 0 radical (unpaired) electrons. The van der Waals surface area contributed by atoms with E-state index in [0.717, 1.165) is 0 Å². The lowest BCUT2D eigenvalue weighted by Gasteiger charge is -2.17. The van der Waals surface area contributed by atoms with E-state index >= 15 is 0 Å². The molecule has 0 aliphatic rings. The van der Waals surface area contributed by atoms with Crippen LogP contribution in [0, 0.1) is 5.92 Å². The number of nitrogens with one attached hydrogen (secondary N) is 2. The third-order valence-corrected chi connectivity index (χ3v) is 2.43. The van der Waals surface area contributed by atoms with Gasteiger partial charge in [0.2, 0.25) is 5.91 Å². The monoisotopic (exact) mass is 273 g/mol. The second-order valence-corrected chi connectivity index (χ2v) is 4.96. The van der Waals surface area contributed by atoms with Gasteiger partial charge in [0, 0.05) is 27.1 Å². The van der Waals surface area contributed by atoms with E-state index in [1.807, 2.05) is 13.8 Å². The van der Waals surface area contributed by atoms with Gasteiger partial charge in [0.15, 0.2) is 0 Å². The molecule has 0 aromatic rings. The summed E-state index contributed by atoms with van der Waals surface area (Å²) in [7, 11) is 3.26. The van der Waals surface area contributed by atoms with Gasteiger partial charge in [0.25, 0.3) is 0 Å². The van der Waals surface area contributed by atoms with Gasteiger partial charge in [-0.25, -0.2) is 9.59 Å². The number of aliphatic carboxylic acids is 1. The zero-order chi connectivity index (χ0) is 15.0. The molecule has 1 atom stereocenters. The van der Waals surface area contributed by atoms with Crippen molar-refractivity contribution in [2.45, 2.75) is 32.7 Å². The van der Waals surface area contributed by atoms with Crippen molar-refractivity contribution in [3.8, 4) is 0 Å². The van der Waals surface area contributed by atoms with Crippen molar-refractivity contribution in [1.29, 1.82) is 0 Å². The lowest BCUT2D eigenvalue weighted by molar-refractivity contribution is -0.139. The van der Waals surface area contributed by atoms with Crippen LogP contribution in [0.25, 0.3) is 0 Å². The van der Waals surface area contributed by atoms with Gasteiger partial charge in [0.1, 0.15) is 6.04 Å². The van der Waals surface area contributed by atoms with Gasteiger partial charge in [0.05, 0.1) is 0 Å². The SMILES string of the molecule is CC(C)C[C@H](NC(=O)NCCC(=O)N(C)C)C(=O)O. The normalized spacial score (nSPS) is 11.8. The third kappa shape index (κ3) is 8.01. The molecule has 0 saturated carbocycles. The number of hydrogen-bond acceptors (Lipinski definition) is 3. The van der Waals surface area contributed by atoms with Crippen molar-refractivity contribution >= 4 is 17.9 Å². The van der Waals surface area contributed by atoms with Gasteiger partial charge >= 0.3 is 12.0 Å². The molecule has 0 aliphatic heterocycles. The highest BCUT2D eigenvalue weighted by molar-refractivity contribution is 5.83. The van der Waals surface area contributed by atoms with Crippen LogP contribution < -0.4 is 10.6 Å². The molecule has 3 amide bonds. The van der Waals surface area contributed by atoms with Crippen LogP contribution in [-0.4, -0.2) is 54.6 Å². The Kier molecular flexibility index (Phi) is 7.55. The smallest absolute Gasteiger partial charge is 0.326 e. The molecular weight excluding hydrogens is 250 g/mol. The number of amides is 3. The summed E-state index contributed by atoms with van der Waals surface area (Å²) in [6.07, 6.45) is 0.543. The molecule has 0 unspecified atom stereocenters. The Bertz CT molecular complexity index is 329. The van der Waals surface area contributed by atoms with Gasteiger partial charge in [-0.05, 0) is 12.3 Å². The molecule has 7 nitrogen and oxygen atoms in total. The number of nitrogens with zero attached hydrogens (tertiary/aromatic N) is 1. The first-order chi connectivity index (χ1) is 8.73. The number of carboxylic acid groups (broad SMARTS) is 1. The van der Waals surface area contributed by atoms with Gasteiger partial charge < -0.3 is 20.6 Å². The van der Waals surface area contributed by atoms with Crippen LogP contribution in [0.15, 0.2) is 0 Å². The Morgan fingerprint density at radius 1 is 1.21 bits per heavy atom. The summed E-state index contributed by atoms with van der Waals surface area (Å²) in [5.74, 6) is -0.998. The minimum atomic E-state index is -1.06. The largest absolute Gasteiger partial charge is 0.480 e. The van der Waals surface area contributed by atoms with E-state index in [9.17, 15) is 14.4 Å². The molecule has 3 N–H and O–H groups in total. The average Bonchev–Trinajstić information content (AvgIpc) is 2.26. The Morgan fingerprint density at radius 3 is 2.21 bits per heavy atom. The summed E-state index contributed by atoms with van der Waals surface area (Å²) < 4.78 is 0. The standard InChI is InChI=1S/C12H23N3O4/c1-8(2)7-9(11(17)18)14-12(19)13-6-5-10(16)15(3)4/h8-9H,5-7H2,1-4H3,(H,17,18)(H2,13,14,19)/t9-/m0/s1. The zero-order valence-corrected chi connectivity index (χ0v) is 11.9. The zero-order valence-electron chi connectivity index (χ0n) is 11.9. The van der Waals surface area contributed by atoms with Gasteiger partial charge in [-0.1, -0.05) is 13.8 Å². The lowest BCUT2D eigenvalue weighted by atomic mass is 10.0. The summed E-state index contributed by atoms with van der Waals surface area (Å²) >= 11 is 0. The third-order valence-electron chi connectivity index (χ3n) is 2.43. The molecule has 19 heavy (non-hydrogen) atoms. The van der Waals surface area contributed by atoms with E-state index in [1.54, 1.807) is 14.1 Å². The fourth-order valence-corrected chi connectivity index (χ4v) is 1.41. The number of hydrogen-bond donors (Lipinski definition) is 3. The predicted molar refractivity (Wildman–Crippen MR) is 70.7 cm³/mol.